The monoisotopic (exact) mass is 426 g/mol. The van der Waals surface area contributed by atoms with Gasteiger partial charge in [0.1, 0.15) is 0 Å². The van der Waals surface area contributed by atoms with Crippen LogP contribution in [0.2, 0.25) is 0 Å². The summed E-state index contributed by atoms with van der Waals surface area (Å²) < 4.78 is 28.5. The van der Waals surface area contributed by atoms with Crippen LogP contribution >= 0.6 is 0 Å². The van der Waals surface area contributed by atoms with Gasteiger partial charge in [0.2, 0.25) is 15.9 Å². The van der Waals surface area contributed by atoms with Crippen LogP contribution in [0.4, 0.5) is 5.69 Å². The molecule has 6 heteroatoms. The number of piperidine rings is 1. The summed E-state index contributed by atoms with van der Waals surface area (Å²) >= 11 is 0. The molecule has 2 heterocycles. The minimum Gasteiger partial charge on any atom is -0.312 e. The number of aryl methyl sites for hydroxylation is 2. The first-order valence-corrected chi connectivity index (χ1v) is 12.1. The lowest BCUT2D eigenvalue weighted by molar-refractivity contribution is -0.123. The van der Waals surface area contributed by atoms with E-state index in [1.165, 1.54) is 5.56 Å². The molecule has 0 aromatic heterocycles. The van der Waals surface area contributed by atoms with Gasteiger partial charge in [-0.1, -0.05) is 24.3 Å². The van der Waals surface area contributed by atoms with E-state index in [0.717, 1.165) is 40.9 Å². The SMILES string of the molecule is Cc1cc(C)c(C)c(S(=O)(=O)N2CCC(C(=O)N3CCc4ccccc43)CC2)c1C. The van der Waals surface area contributed by atoms with Gasteiger partial charge in [-0.2, -0.15) is 4.31 Å². The summed E-state index contributed by atoms with van der Waals surface area (Å²) in [6.45, 7) is 9.18. The Hall–Kier alpha value is -2.18. The summed E-state index contributed by atoms with van der Waals surface area (Å²) in [6.07, 6.45) is 2.03. The highest BCUT2D eigenvalue weighted by atomic mass is 32.2. The summed E-state index contributed by atoms with van der Waals surface area (Å²) in [7, 11) is -3.58. The van der Waals surface area contributed by atoms with Gasteiger partial charge in [-0.15, -0.1) is 0 Å². The molecule has 4 rings (SSSR count). The number of nitrogens with zero attached hydrogens (tertiary/aromatic N) is 2. The molecule has 30 heavy (non-hydrogen) atoms. The summed E-state index contributed by atoms with van der Waals surface area (Å²) in [6, 6.07) is 10.1. The third-order valence-corrected chi connectivity index (χ3v) is 9.02. The standard InChI is InChI=1S/C24H30N2O3S/c1-16-15-17(2)19(4)23(18(16)3)30(28,29)25-12-9-21(10-13-25)24(27)26-14-11-20-7-5-6-8-22(20)26/h5-8,15,21H,9-14H2,1-4H3. The predicted molar refractivity (Wildman–Crippen MR) is 119 cm³/mol. The van der Waals surface area contributed by atoms with Crippen molar-refractivity contribution in [2.24, 2.45) is 5.92 Å². The molecule has 1 fully saturated rings. The van der Waals surface area contributed by atoms with Crippen LogP contribution in [-0.4, -0.2) is 38.3 Å². The lowest BCUT2D eigenvalue weighted by Crippen LogP contribution is -2.44. The quantitative estimate of drug-likeness (QED) is 0.748. The summed E-state index contributed by atoms with van der Waals surface area (Å²) in [5, 5.41) is 0. The van der Waals surface area contributed by atoms with Crippen LogP contribution in [0.1, 0.15) is 40.7 Å². The Morgan fingerprint density at radius 2 is 1.53 bits per heavy atom. The molecule has 0 atom stereocenters. The molecule has 1 saturated heterocycles. The number of sulfonamides is 1. The number of hydrogen-bond donors (Lipinski definition) is 0. The molecule has 2 aromatic carbocycles. The second kappa shape index (κ2) is 7.82. The molecule has 0 spiro atoms. The van der Waals surface area contributed by atoms with E-state index in [9.17, 15) is 13.2 Å². The average Bonchev–Trinajstić information content (AvgIpc) is 3.16. The van der Waals surface area contributed by atoms with Crippen LogP contribution < -0.4 is 4.90 Å². The second-order valence-corrected chi connectivity index (χ2v) is 10.5. The van der Waals surface area contributed by atoms with E-state index in [4.69, 9.17) is 0 Å². The van der Waals surface area contributed by atoms with Crippen molar-refractivity contribution in [3.8, 4) is 0 Å². The Morgan fingerprint density at radius 1 is 0.933 bits per heavy atom. The molecular formula is C24H30N2O3S. The molecule has 5 nitrogen and oxygen atoms in total. The van der Waals surface area contributed by atoms with Crippen molar-refractivity contribution in [1.29, 1.82) is 0 Å². The van der Waals surface area contributed by atoms with Crippen molar-refractivity contribution in [1.82, 2.24) is 4.31 Å². The van der Waals surface area contributed by atoms with Gasteiger partial charge in [-0.05, 0) is 80.8 Å². The Morgan fingerprint density at radius 3 is 2.17 bits per heavy atom. The van der Waals surface area contributed by atoms with E-state index in [0.29, 0.717) is 30.8 Å². The average molecular weight is 427 g/mol. The first-order valence-electron chi connectivity index (χ1n) is 10.7. The molecule has 160 valence electrons. The minimum atomic E-state index is -3.58. The zero-order chi connectivity index (χ0) is 21.6. The van der Waals surface area contributed by atoms with E-state index < -0.39 is 10.0 Å². The number of rotatable bonds is 3. The van der Waals surface area contributed by atoms with Crippen LogP contribution in [0, 0.1) is 33.6 Å². The molecule has 0 N–H and O–H groups in total. The lowest BCUT2D eigenvalue weighted by atomic mass is 9.96. The predicted octanol–water partition coefficient (Wildman–Crippen LogP) is 3.91. The van der Waals surface area contributed by atoms with Crippen LogP contribution in [0.15, 0.2) is 35.2 Å². The van der Waals surface area contributed by atoms with Crippen molar-refractivity contribution >= 4 is 21.6 Å². The molecule has 2 aromatic rings. The Labute approximate surface area is 179 Å². The van der Waals surface area contributed by atoms with Gasteiger partial charge in [0.15, 0.2) is 0 Å². The number of para-hydroxylation sites is 1. The number of hydrogen-bond acceptors (Lipinski definition) is 3. The minimum absolute atomic E-state index is 0.121. The third-order valence-electron chi connectivity index (χ3n) is 6.85. The zero-order valence-corrected chi connectivity index (χ0v) is 19.1. The largest absolute Gasteiger partial charge is 0.312 e. The summed E-state index contributed by atoms with van der Waals surface area (Å²) in [5.74, 6) is 0.0137. The number of benzene rings is 2. The lowest BCUT2D eigenvalue weighted by Gasteiger charge is -2.33. The van der Waals surface area contributed by atoms with Crippen LogP contribution in [0.25, 0.3) is 0 Å². The Bertz CT molecular complexity index is 1070. The van der Waals surface area contributed by atoms with Crippen molar-refractivity contribution < 1.29 is 13.2 Å². The molecule has 0 aliphatic carbocycles. The molecule has 0 bridgehead atoms. The topological polar surface area (TPSA) is 57.7 Å². The number of fused-ring (bicyclic) bond motifs is 1. The highest BCUT2D eigenvalue weighted by Gasteiger charge is 2.37. The number of anilines is 1. The molecule has 2 aliphatic rings. The van der Waals surface area contributed by atoms with Crippen molar-refractivity contribution in [2.75, 3.05) is 24.5 Å². The highest BCUT2D eigenvalue weighted by molar-refractivity contribution is 7.89. The normalized spacial score (nSPS) is 17.9. The van der Waals surface area contributed by atoms with Crippen molar-refractivity contribution in [2.45, 2.75) is 51.9 Å². The Balaban J connectivity index is 1.51. The maximum atomic E-state index is 13.5. The zero-order valence-electron chi connectivity index (χ0n) is 18.2. The van der Waals surface area contributed by atoms with E-state index in [1.807, 2.05) is 56.9 Å². The fraction of sp³-hybridized carbons (Fsp3) is 0.458. The summed E-state index contributed by atoms with van der Waals surface area (Å²) in [4.78, 5) is 15.5. The number of carbonyl (C=O) groups excluding carboxylic acids is 1. The molecule has 0 saturated carbocycles. The fourth-order valence-corrected chi connectivity index (χ4v) is 6.87. The number of amides is 1. The molecule has 0 unspecified atom stereocenters. The van der Waals surface area contributed by atoms with E-state index in [-0.39, 0.29) is 11.8 Å². The highest BCUT2D eigenvalue weighted by Crippen LogP contribution is 2.34. The van der Waals surface area contributed by atoms with Crippen LogP contribution in [0.5, 0.6) is 0 Å². The second-order valence-electron chi connectivity index (χ2n) is 8.64. The van der Waals surface area contributed by atoms with E-state index in [1.54, 1.807) is 4.31 Å². The first-order chi connectivity index (χ1) is 14.2. The van der Waals surface area contributed by atoms with Gasteiger partial charge in [0.05, 0.1) is 4.90 Å². The first kappa shape index (κ1) is 21.1. The maximum Gasteiger partial charge on any atom is 0.243 e. The Kier molecular flexibility index (Phi) is 5.49. The molecular weight excluding hydrogens is 396 g/mol. The van der Waals surface area contributed by atoms with Crippen molar-refractivity contribution in [3.63, 3.8) is 0 Å². The van der Waals surface area contributed by atoms with Gasteiger partial charge in [-0.25, -0.2) is 8.42 Å². The third kappa shape index (κ3) is 3.46. The van der Waals surface area contributed by atoms with Crippen molar-refractivity contribution in [3.05, 3.63) is 58.1 Å². The van der Waals surface area contributed by atoms with Crippen LogP contribution in [0.3, 0.4) is 0 Å². The van der Waals surface area contributed by atoms with E-state index >= 15 is 0 Å². The molecule has 1 amide bonds. The van der Waals surface area contributed by atoms with Gasteiger partial charge in [0, 0.05) is 31.2 Å². The van der Waals surface area contributed by atoms with Crippen LogP contribution in [-0.2, 0) is 21.2 Å². The van der Waals surface area contributed by atoms with Gasteiger partial charge >= 0.3 is 0 Å². The van der Waals surface area contributed by atoms with Gasteiger partial charge < -0.3 is 4.90 Å². The number of carbonyl (C=O) groups is 1. The van der Waals surface area contributed by atoms with E-state index in [2.05, 4.69) is 6.07 Å². The molecule has 0 radical (unpaired) electrons. The summed E-state index contributed by atoms with van der Waals surface area (Å²) in [5.41, 5.74) is 5.87. The smallest absolute Gasteiger partial charge is 0.243 e. The van der Waals surface area contributed by atoms with Gasteiger partial charge in [0.25, 0.3) is 0 Å². The fourth-order valence-electron chi connectivity index (χ4n) is 4.83. The molecule has 2 aliphatic heterocycles. The maximum absolute atomic E-state index is 13.5. The van der Waals surface area contributed by atoms with Gasteiger partial charge in [-0.3, -0.25) is 4.79 Å².